The summed E-state index contributed by atoms with van der Waals surface area (Å²) in [6.07, 6.45) is 2.08. The van der Waals surface area contributed by atoms with Crippen LogP contribution in [0.15, 0.2) is 79.0 Å². The van der Waals surface area contributed by atoms with E-state index in [1.807, 2.05) is 67.9 Å². The van der Waals surface area contributed by atoms with Gasteiger partial charge < -0.3 is 29.7 Å². The Hall–Kier alpha value is -5.58. The van der Waals surface area contributed by atoms with Crippen molar-refractivity contribution in [3.63, 3.8) is 0 Å². The number of carbonyl (C=O) groups excluding carboxylic acids is 2. The van der Waals surface area contributed by atoms with E-state index in [1.165, 1.54) is 5.56 Å². The molecule has 1 aliphatic heterocycles. The van der Waals surface area contributed by atoms with Crippen molar-refractivity contribution in [3.8, 4) is 17.2 Å². The molecular formula is C40H46N6O5. The molecule has 1 saturated heterocycles. The molecule has 11 nitrogen and oxygen atoms in total. The van der Waals surface area contributed by atoms with Crippen molar-refractivity contribution >= 4 is 34.5 Å². The van der Waals surface area contributed by atoms with E-state index in [4.69, 9.17) is 24.3 Å². The lowest BCUT2D eigenvalue weighted by atomic mass is 9.97. The molecular weight excluding hydrogens is 644 g/mol. The fourth-order valence-corrected chi connectivity index (χ4v) is 6.27. The third kappa shape index (κ3) is 8.42. The fraction of sp³-hybridized carbons (Fsp3) is 0.350. The van der Waals surface area contributed by atoms with Crippen LogP contribution in [0.2, 0.25) is 0 Å². The minimum atomic E-state index is -0.576. The molecule has 1 fully saturated rings. The number of hydrogen-bond donors (Lipinski definition) is 2. The Labute approximate surface area is 298 Å². The molecule has 6 rings (SSSR count). The summed E-state index contributed by atoms with van der Waals surface area (Å²) in [7, 11) is 1.64. The van der Waals surface area contributed by atoms with Crippen molar-refractivity contribution in [2.45, 2.75) is 72.1 Å². The minimum Gasteiger partial charge on any atom is -0.497 e. The number of methoxy groups -OCH3 is 1. The molecule has 0 aliphatic carbocycles. The number of nitrogens with zero attached hydrogens (tertiary/aromatic N) is 4. The Kier molecular flexibility index (Phi) is 10.2. The summed E-state index contributed by atoms with van der Waals surface area (Å²) < 4.78 is 19.3. The molecule has 3 aromatic carbocycles. The first kappa shape index (κ1) is 35.3. The molecule has 51 heavy (non-hydrogen) atoms. The first-order valence-corrected chi connectivity index (χ1v) is 17.3. The molecule has 2 amide bonds. The highest BCUT2D eigenvalue weighted by atomic mass is 16.6. The van der Waals surface area contributed by atoms with Crippen LogP contribution in [0.5, 0.6) is 17.2 Å². The summed E-state index contributed by atoms with van der Waals surface area (Å²) in [6, 6.07) is 22.6. The summed E-state index contributed by atoms with van der Waals surface area (Å²) in [4.78, 5) is 32.6. The molecule has 5 aromatic rings. The van der Waals surface area contributed by atoms with Crippen molar-refractivity contribution in [2.24, 2.45) is 0 Å². The summed E-state index contributed by atoms with van der Waals surface area (Å²) >= 11 is 0. The first-order chi connectivity index (χ1) is 24.4. The summed E-state index contributed by atoms with van der Waals surface area (Å²) in [6.45, 7) is 13.4. The van der Waals surface area contributed by atoms with Gasteiger partial charge in [0.1, 0.15) is 28.2 Å². The van der Waals surface area contributed by atoms with Gasteiger partial charge in [-0.1, -0.05) is 38.1 Å². The summed E-state index contributed by atoms with van der Waals surface area (Å²) in [5.41, 5.74) is 4.65. The highest BCUT2D eigenvalue weighted by Crippen LogP contribution is 2.36. The molecule has 1 atom stereocenters. The first-order valence-electron chi connectivity index (χ1n) is 17.3. The maximum atomic E-state index is 13.3. The van der Waals surface area contributed by atoms with Gasteiger partial charge in [-0.3, -0.25) is 4.79 Å². The second kappa shape index (κ2) is 14.7. The quantitative estimate of drug-likeness (QED) is 0.150. The van der Waals surface area contributed by atoms with Crippen molar-refractivity contribution in [3.05, 3.63) is 101 Å². The van der Waals surface area contributed by atoms with Gasteiger partial charge >= 0.3 is 6.09 Å². The van der Waals surface area contributed by atoms with Crippen LogP contribution in [0.25, 0.3) is 11.0 Å². The monoisotopic (exact) mass is 690 g/mol. The molecule has 3 heterocycles. The molecule has 1 unspecified atom stereocenters. The van der Waals surface area contributed by atoms with Crippen LogP contribution >= 0.6 is 0 Å². The molecule has 266 valence electrons. The molecule has 1 aliphatic rings. The highest BCUT2D eigenvalue weighted by molar-refractivity contribution is 6.04. The van der Waals surface area contributed by atoms with Crippen LogP contribution < -0.4 is 20.1 Å². The summed E-state index contributed by atoms with van der Waals surface area (Å²) in [5.74, 6) is 2.55. The second-order valence-electron chi connectivity index (χ2n) is 14.2. The SMILES string of the molecule is COc1ccc(Cn2nc(NC3CCN(C(=O)OC(C)(C)C)C3)c3c(Oc4cccc(C(=O)Nc5ccc(C(C)C)c(C)c5)c4)ccnc32)cc1. The van der Waals surface area contributed by atoms with Gasteiger partial charge in [-0.05, 0) is 99.2 Å². The van der Waals surface area contributed by atoms with Crippen LogP contribution in [0, 0.1) is 6.92 Å². The smallest absolute Gasteiger partial charge is 0.410 e. The molecule has 0 saturated carbocycles. The fourth-order valence-electron chi connectivity index (χ4n) is 6.27. The Balaban J connectivity index is 1.27. The van der Waals surface area contributed by atoms with Gasteiger partial charge in [0.2, 0.25) is 0 Å². The predicted molar refractivity (Wildman–Crippen MR) is 199 cm³/mol. The average molecular weight is 691 g/mol. The minimum absolute atomic E-state index is 0.0663. The van der Waals surface area contributed by atoms with Gasteiger partial charge in [0.25, 0.3) is 5.91 Å². The number of ether oxygens (including phenoxy) is 3. The number of anilines is 2. The molecule has 2 N–H and O–H groups in total. The molecule has 2 aromatic heterocycles. The van der Waals surface area contributed by atoms with E-state index in [2.05, 4.69) is 37.5 Å². The number of benzene rings is 3. The van der Waals surface area contributed by atoms with Crippen molar-refractivity contribution in [1.82, 2.24) is 19.7 Å². The van der Waals surface area contributed by atoms with Gasteiger partial charge in [-0.2, -0.15) is 5.10 Å². The third-order valence-corrected chi connectivity index (χ3v) is 8.74. The number of aromatic nitrogens is 3. The van der Waals surface area contributed by atoms with Gasteiger partial charge in [-0.15, -0.1) is 0 Å². The van der Waals surface area contributed by atoms with Gasteiger partial charge in [0, 0.05) is 42.6 Å². The number of likely N-dealkylation sites (tertiary alicyclic amines) is 1. The van der Waals surface area contributed by atoms with E-state index < -0.39 is 5.60 Å². The van der Waals surface area contributed by atoms with Crippen LogP contribution in [0.4, 0.5) is 16.3 Å². The number of fused-ring (bicyclic) bond motifs is 1. The Bertz CT molecular complexity index is 2030. The number of carbonyl (C=O) groups is 2. The maximum Gasteiger partial charge on any atom is 0.410 e. The second-order valence-corrected chi connectivity index (χ2v) is 14.2. The van der Waals surface area contributed by atoms with E-state index in [0.29, 0.717) is 59.5 Å². The average Bonchev–Trinajstić information content (AvgIpc) is 3.70. The lowest BCUT2D eigenvalue weighted by molar-refractivity contribution is 0.0293. The molecule has 0 radical (unpaired) electrons. The number of pyridine rings is 1. The van der Waals surface area contributed by atoms with E-state index >= 15 is 0 Å². The number of rotatable bonds is 10. The van der Waals surface area contributed by atoms with Crippen molar-refractivity contribution in [1.29, 1.82) is 0 Å². The van der Waals surface area contributed by atoms with E-state index in [1.54, 1.807) is 42.5 Å². The zero-order valence-corrected chi connectivity index (χ0v) is 30.3. The summed E-state index contributed by atoms with van der Waals surface area (Å²) in [5, 5.41) is 12.3. The third-order valence-electron chi connectivity index (χ3n) is 8.74. The maximum absolute atomic E-state index is 13.3. The van der Waals surface area contributed by atoms with Gasteiger partial charge in [-0.25, -0.2) is 14.5 Å². The zero-order valence-electron chi connectivity index (χ0n) is 30.3. The zero-order chi connectivity index (χ0) is 36.3. The van der Waals surface area contributed by atoms with Crippen LogP contribution in [0.1, 0.15) is 74.0 Å². The van der Waals surface area contributed by atoms with Crippen LogP contribution in [-0.4, -0.2) is 63.5 Å². The molecule has 0 spiro atoms. The Morgan fingerprint density at radius 3 is 2.49 bits per heavy atom. The predicted octanol–water partition coefficient (Wildman–Crippen LogP) is 8.39. The largest absolute Gasteiger partial charge is 0.497 e. The van der Waals surface area contributed by atoms with E-state index in [-0.39, 0.29) is 18.0 Å². The number of nitrogens with one attached hydrogen (secondary N) is 2. The number of amides is 2. The number of hydrogen-bond acceptors (Lipinski definition) is 8. The molecule has 0 bridgehead atoms. The van der Waals surface area contributed by atoms with Crippen LogP contribution in [-0.2, 0) is 11.3 Å². The van der Waals surface area contributed by atoms with Crippen molar-refractivity contribution in [2.75, 3.05) is 30.8 Å². The normalized spacial score (nSPS) is 14.5. The van der Waals surface area contributed by atoms with Crippen molar-refractivity contribution < 1.29 is 23.8 Å². The highest BCUT2D eigenvalue weighted by Gasteiger charge is 2.31. The number of aryl methyl sites for hydroxylation is 1. The molecule has 11 heteroatoms. The van der Waals surface area contributed by atoms with Gasteiger partial charge in [0.15, 0.2) is 11.5 Å². The standard InChI is InChI=1S/C40H46N6O5/c1-25(2)33-16-13-29(21-26(33)3)43-38(47)28-9-8-10-32(22-28)50-34-17-19-41-37-35(34)36(44-46(37)23-27-11-14-31(49-7)15-12-27)42-30-18-20-45(24-30)39(48)51-40(4,5)6/h8-17,19,21-22,25,30H,18,20,23-24H2,1-7H3,(H,42,44)(H,43,47). The lowest BCUT2D eigenvalue weighted by Gasteiger charge is -2.24. The van der Waals surface area contributed by atoms with Gasteiger partial charge in [0.05, 0.1) is 13.7 Å². The topological polar surface area (TPSA) is 120 Å². The lowest BCUT2D eigenvalue weighted by Crippen LogP contribution is -2.36. The Morgan fingerprint density at radius 1 is 1.00 bits per heavy atom. The van der Waals surface area contributed by atoms with E-state index in [9.17, 15) is 9.59 Å². The van der Waals surface area contributed by atoms with Crippen LogP contribution in [0.3, 0.4) is 0 Å². The Morgan fingerprint density at radius 2 is 1.78 bits per heavy atom. The van der Waals surface area contributed by atoms with E-state index in [0.717, 1.165) is 29.0 Å².